The lowest BCUT2D eigenvalue weighted by Gasteiger charge is -2.17. The van der Waals surface area contributed by atoms with E-state index in [0.717, 1.165) is 25.1 Å². The molecule has 0 amide bonds. The van der Waals surface area contributed by atoms with Gasteiger partial charge in [0.2, 0.25) is 5.78 Å². The molecule has 4 nitrogen and oxygen atoms in total. The van der Waals surface area contributed by atoms with Crippen molar-refractivity contribution in [1.29, 1.82) is 0 Å². The minimum atomic E-state index is -0.0102. The average molecular weight is 241 g/mol. The van der Waals surface area contributed by atoms with Crippen LogP contribution in [0.25, 0.3) is 0 Å². The summed E-state index contributed by atoms with van der Waals surface area (Å²) in [6.45, 7) is 1.86. The van der Waals surface area contributed by atoms with Gasteiger partial charge < -0.3 is 9.88 Å². The predicted molar refractivity (Wildman–Crippen MR) is 68.5 cm³/mol. The molecule has 3 rings (SSSR count). The normalized spacial score (nSPS) is 14.3. The molecule has 2 heterocycles. The van der Waals surface area contributed by atoms with Crippen molar-refractivity contribution in [2.24, 2.45) is 7.05 Å². The van der Waals surface area contributed by atoms with Crippen LogP contribution in [0.2, 0.25) is 0 Å². The fraction of sp³-hybridized carbons (Fsp3) is 0.286. The SMILES string of the molecule is Cn1cnc(C(=O)c2ccc3c(c2)CNCC3)c1. The summed E-state index contributed by atoms with van der Waals surface area (Å²) in [5.74, 6) is -0.0102. The number of carbonyl (C=O) groups is 1. The third kappa shape index (κ3) is 1.95. The molecule has 92 valence electrons. The molecular weight excluding hydrogens is 226 g/mol. The van der Waals surface area contributed by atoms with Gasteiger partial charge in [0.25, 0.3) is 0 Å². The van der Waals surface area contributed by atoms with Crippen LogP contribution < -0.4 is 5.32 Å². The second kappa shape index (κ2) is 4.38. The van der Waals surface area contributed by atoms with E-state index in [9.17, 15) is 4.79 Å². The van der Waals surface area contributed by atoms with Crippen LogP contribution in [0.5, 0.6) is 0 Å². The molecule has 1 aromatic carbocycles. The number of carbonyl (C=O) groups excluding carboxylic acids is 1. The largest absolute Gasteiger partial charge is 0.340 e. The molecule has 0 unspecified atom stereocenters. The van der Waals surface area contributed by atoms with Crippen LogP contribution in [-0.4, -0.2) is 21.9 Å². The second-order valence-electron chi connectivity index (χ2n) is 4.66. The van der Waals surface area contributed by atoms with E-state index >= 15 is 0 Å². The summed E-state index contributed by atoms with van der Waals surface area (Å²) < 4.78 is 1.78. The molecule has 0 bridgehead atoms. The van der Waals surface area contributed by atoms with Crippen molar-refractivity contribution in [3.8, 4) is 0 Å². The third-order valence-corrected chi connectivity index (χ3v) is 3.29. The van der Waals surface area contributed by atoms with Crippen LogP contribution in [0.1, 0.15) is 27.2 Å². The Hall–Kier alpha value is -1.94. The van der Waals surface area contributed by atoms with E-state index in [1.54, 1.807) is 17.1 Å². The number of nitrogens with zero attached hydrogens (tertiary/aromatic N) is 2. The molecule has 2 aromatic rings. The van der Waals surface area contributed by atoms with Gasteiger partial charge in [-0.05, 0) is 30.2 Å². The fourth-order valence-electron chi connectivity index (χ4n) is 2.30. The summed E-state index contributed by atoms with van der Waals surface area (Å²) in [5.41, 5.74) is 3.78. The van der Waals surface area contributed by atoms with Crippen LogP contribution >= 0.6 is 0 Å². The van der Waals surface area contributed by atoms with Gasteiger partial charge in [-0.25, -0.2) is 4.98 Å². The first-order valence-electron chi connectivity index (χ1n) is 6.09. The Balaban J connectivity index is 1.95. The van der Waals surface area contributed by atoms with Crippen molar-refractivity contribution in [3.05, 3.63) is 53.1 Å². The highest BCUT2D eigenvalue weighted by Gasteiger charge is 2.15. The number of aryl methyl sites for hydroxylation is 1. The van der Waals surface area contributed by atoms with E-state index in [2.05, 4.69) is 16.4 Å². The molecule has 1 aromatic heterocycles. The van der Waals surface area contributed by atoms with Crippen molar-refractivity contribution in [2.75, 3.05) is 6.54 Å². The van der Waals surface area contributed by atoms with Crippen molar-refractivity contribution < 1.29 is 4.79 Å². The number of rotatable bonds is 2. The average Bonchev–Trinajstić information content (AvgIpc) is 2.84. The predicted octanol–water partition coefficient (Wildman–Crippen LogP) is 1.30. The van der Waals surface area contributed by atoms with E-state index in [1.165, 1.54) is 11.1 Å². The van der Waals surface area contributed by atoms with Crippen molar-refractivity contribution in [2.45, 2.75) is 13.0 Å². The van der Waals surface area contributed by atoms with Gasteiger partial charge in [0, 0.05) is 25.4 Å². The molecule has 1 aliphatic rings. The van der Waals surface area contributed by atoms with Gasteiger partial charge in [0.1, 0.15) is 5.69 Å². The molecule has 4 heteroatoms. The van der Waals surface area contributed by atoms with Gasteiger partial charge in [0.05, 0.1) is 6.33 Å². The summed E-state index contributed by atoms with van der Waals surface area (Å²) in [6.07, 6.45) is 4.43. The third-order valence-electron chi connectivity index (χ3n) is 3.29. The molecule has 1 N–H and O–H groups in total. The Morgan fingerprint density at radius 2 is 2.28 bits per heavy atom. The minimum absolute atomic E-state index is 0.0102. The van der Waals surface area contributed by atoms with Crippen LogP contribution in [-0.2, 0) is 20.0 Å². The lowest BCUT2D eigenvalue weighted by molar-refractivity contribution is 0.103. The van der Waals surface area contributed by atoms with Crippen molar-refractivity contribution >= 4 is 5.78 Å². The summed E-state index contributed by atoms with van der Waals surface area (Å²) in [7, 11) is 1.86. The van der Waals surface area contributed by atoms with E-state index in [-0.39, 0.29) is 5.78 Å². The molecule has 18 heavy (non-hydrogen) atoms. The smallest absolute Gasteiger partial charge is 0.212 e. The second-order valence-corrected chi connectivity index (χ2v) is 4.66. The van der Waals surface area contributed by atoms with Gasteiger partial charge in [0.15, 0.2) is 0 Å². The lowest BCUT2D eigenvalue weighted by Crippen LogP contribution is -2.23. The highest BCUT2D eigenvalue weighted by Crippen LogP contribution is 2.17. The zero-order chi connectivity index (χ0) is 12.5. The molecule has 0 atom stereocenters. The molecule has 0 radical (unpaired) electrons. The number of ketones is 1. The highest BCUT2D eigenvalue weighted by atomic mass is 16.1. The van der Waals surface area contributed by atoms with Gasteiger partial charge in [-0.2, -0.15) is 0 Å². The zero-order valence-corrected chi connectivity index (χ0v) is 10.3. The molecule has 0 aliphatic carbocycles. The summed E-state index contributed by atoms with van der Waals surface area (Å²) >= 11 is 0. The van der Waals surface area contributed by atoms with Crippen LogP contribution in [0, 0.1) is 0 Å². The van der Waals surface area contributed by atoms with Gasteiger partial charge in [-0.15, -0.1) is 0 Å². The number of hydrogen-bond acceptors (Lipinski definition) is 3. The first-order chi connectivity index (χ1) is 8.74. The maximum Gasteiger partial charge on any atom is 0.212 e. The molecule has 0 saturated heterocycles. The number of aromatic nitrogens is 2. The zero-order valence-electron chi connectivity index (χ0n) is 10.3. The Morgan fingerprint density at radius 1 is 1.39 bits per heavy atom. The standard InChI is InChI=1S/C14H15N3O/c1-17-8-13(16-9-17)14(18)11-3-2-10-4-5-15-7-12(10)6-11/h2-3,6,8-9,15H,4-5,7H2,1H3. The number of fused-ring (bicyclic) bond motifs is 1. The van der Waals surface area contributed by atoms with Crippen molar-refractivity contribution in [1.82, 2.24) is 14.9 Å². The molecule has 0 spiro atoms. The number of imidazole rings is 1. The minimum Gasteiger partial charge on any atom is -0.340 e. The van der Waals surface area contributed by atoms with Gasteiger partial charge >= 0.3 is 0 Å². The lowest BCUT2D eigenvalue weighted by atomic mass is 9.96. The summed E-state index contributed by atoms with van der Waals surface area (Å²) in [6, 6.07) is 5.95. The summed E-state index contributed by atoms with van der Waals surface area (Å²) in [4.78, 5) is 16.4. The molecule has 0 saturated carbocycles. The van der Waals surface area contributed by atoms with Gasteiger partial charge in [-0.3, -0.25) is 4.79 Å². The van der Waals surface area contributed by atoms with E-state index < -0.39 is 0 Å². The molecular formula is C14H15N3O. The van der Waals surface area contributed by atoms with Crippen LogP contribution in [0.15, 0.2) is 30.7 Å². The summed E-state index contributed by atoms with van der Waals surface area (Å²) in [5, 5.41) is 3.32. The maximum atomic E-state index is 12.2. The fourth-order valence-corrected chi connectivity index (χ4v) is 2.30. The molecule has 1 aliphatic heterocycles. The quantitative estimate of drug-likeness (QED) is 0.806. The van der Waals surface area contributed by atoms with Crippen LogP contribution in [0.3, 0.4) is 0 Å². The number of hydrogen-bond donors (Lipinski definition) is 1. The van der Waals surface area contributed by atoms with E-state index in [1.807, 2.05) is 19.2 Å². The number of benzene rings is 1. The highest BCUT2D eigenvalue weighted by molar-refractivity contribution is 6.07. The molecule has 0 fully saturated rings. The van der Waals surface area contributed by atoms with E-state index in [0.29, 0.717) is 5.69 Å². The van der Waals surface area contributed by atoms with Crippen molar-refractivity contribution in [3.63, 3.8) is 0 Å². The Bertz CT molecular complexity index is 601. The Labute approximate surface area is 106 Å². The monoisotopic (exact) mass is 241 g/mol. The van der Waals surface area contributed by atoms with Gasteiger partial charge in [-0.1, -0.05) is 12.1 Å². The Kier molecular flexibility index (Phi) is 2.72. The number of nitrogens with one attached hydrogen (secondary N) is 1. The first-order valence-corrected chi connectivity index (χ1v) is 6.09. The Morgan fingerprint density at radius 3 is 3.06 bits per heavy atom. The maximum absolute atomic E-state index is 12.2. The van der Waals surface area contributed by atoms with E-state index in [4.69, 9.17) is 0 Å². The topological polar surface area (TPSA) is 46.9 Å². The first kappa shape index (κ1) is 11.2. The van der Waals surface area contributed by atoms with Crippen LogP contribution in [0.4, 0.5) is 0 Å².